The second kappa shape index (κ2) is 6.56. The maximum Gasteiger partial charge on any atom is 0.319 e. The molecule has 3 N–H and O–H groups in total. The average Bonchev–Trinajstić information content (AvgIpc) is 2.32. The van der Waals surface area contributed by atoms with Crippen LogP contribution in [0.5, 0.6) is 0 Å². The van der Waals surface area contributed by atoms with E-state index in [0.717, 1.165) is 5.56 Å². The number of nitrogens with one attached hydrogen (secondary N) is 2. The van der Waals surface area contributed by atoms with Gasteiger partial charge in [-0.05, 0) is 31.4 Å². The number of hydrogen-bond donors (Lipinski definition) is 3. The Morgan fingerprint density at radius 3 is 2.78 bits per heavy atom. The van der Waals surface area contributed by atoms with Crippen LogP contribution in [-0.4, -0.2) is 28.8 Å². The van der Waals surface area contributed by atoms with Gasteiger partial charge in [-0.25, -0.2) is 9.78 Å². The minimum absolute atomic E-state index is 0.000768. The van der Waals surface area contributed by atoms with Gasteiger partial charge in [0.05, 0.1) is 11.9 Å². The summed E-state index contributed by atoms with van der Waals surface area (Å²) in [4.78, 5) is 15.6. The molecule has 1 aromatic rings. The highest BCUT2D eigenvalue weighted by atomic mass is 35.5. The zero-order valence-corrected chi connectivity index (χ0v) is 11.5. The van der Waals surface area contributed by atoms with Crippen LogP contribution in [0.2, 0.25) is 5.15 Å². The molecular formula is C12H18ClN3O2. The number of aliphatic hydroxyl groups is 1. The molecule has 1 heterocycles. The number of carbonyl (C=O) groups excluding carboxylic acids is 1. The highest BCUT2D eigenvalue weighted by Crippen LogP contribution is 2.15. The molecule has 1 aromatic heterocycles. The monoisotopic (exact) mass is 271 g/mol. The first-order chi connectivity index (χ1) is 8.43. The van der Waals surface area contributed by atoms with Crippen molar-refractivity contribution in [2.75, 3.05) is 11.9 Å². The zero-order chi connectivity index (χ0) is 13.7. The van der Waals surface area contributed by atoms with Crippen molar-refractivity contribution in [2.24, 2.45) is 5.92 Å². The van der Waals surface area contributed by atoms with E-state index >= 15 is 0 Å². The molecular weight excluding hydrogens is 254 g/mol. The van der Waals surface area contributed by atoms with Crippen molar-refractivity contribution in [1.82, 2.24) is 10.3 Å². The summed E-state index contributed by atoms with van der Waals surface area (Å²) in [6.45, 7) is 5.54. The molecule has 2 unspecified atom stereocenters. The smallest absolute Gasteiger partial charge is 0.319 e. The zero-order valence-electron chi connectivity index (χ0n) is 10.7. The summed E-state index contributed by atoms with van der Waals surface area (Å²) in [6, 6.07) is 1.30. The first kappa shape index (κ1) is 14.7. The van der Waals surface area contributed by atoms with Crippen LogP contribution < -0.4 is 10.6 Å². The number of carbonyl (C=O) groups is 1. The molecule has 0 saturated carbocycles. The van der Waals surface area contributed by atoms with Crippen LogP contribution in [0.15, 0.2) is 12.3 Å². The summed E-state index contributed by atoms with van der Waals surface area (Å²) < 4.78 is 0. The van der Waals surface area contributed by atoms with Crippen molar-refractivity contribution in [3.8, 4) is 0 Å². The number of urea groups is 1. The van der Waals surface area contributed by atoms with Crippen molar-refractivity contribution < 1.29 is 9.90 Å². The molecule has 1 rings (SSSR count). The Balaban J connectivity index is 2.57. The Bertz CT molecular complexity index is 426. The predicted octanol–water partition coefficient (Wildman–Crippen LogP) is 2.18. The fourth-order valence-electron chi connectivity index (χ4n) is 1.30. The first-order valence-corrected chi connectivity index (χ1v) is 6.12. The number of rotatable bonds is 4. The van der Waals surface area contributed by atoms with Gasteiger partial charge in [-0.1, -0.05) is 18.5 Å². The number of aromatic nitrogens is 1. The third-order valence-corrected chi connectivity index (χ3v) is 3.17. The molecule has 0 aromatic carbocycles. The summed E-state index contributed by atoms with van der Waals surface area (Å²) >= 11 is 5.79. The molecule has 0 radical (unpaired) electrons. The maximum atomic E-state index is 11.7. The molecule has 0 spiro atoms. The highest BCUT2D eigenvalue weighted by Gasteiger charge is 2.14. The Morgan fingerprint density at radius 2 is 2.22 bits per heavy atom. The quantitative estimate of drug-likeness (QED) is 0.735. The molecule has 0 aliphatic rings. The number of nitrogens with zero attached hydrogens (tertiary/aromatic N) is 1. The van der Waals surface area contributed by atoms with Gasteiger partial charge in [-0.15, -0.1) is 0 Å². The fourth-order valence-corrected chi connectivity index (χ4v) is 1.40. The van der Waals surface area contributed by atoms with E-state index in [2.05, 4.69) is 15.6 Å². The number of anilines is 1. The van der Waals surface area contributed by atoms with Gasteiger partial charge in [0.15, 0.2) is 0 Å². The molecule has 6 heteroatoms. The largest absolute Gasteiger partial charge is 0.396 e. The molecule has 2 amide bonds. The molecule has 0 saturated heterocycles. The number of aliphatic hydroxyl groups excluding tert-OH is 1. The molecule has 0 aliphatic heterocycles. The first-order valence-electron chi connectivity index (χ1n) is 5.74. The average molecular weight is 272 g/mol. The molecule has 0 bridgehead atoms. The van der Waals surface area contributed by atoms with Crippen LogP contribution in [0.3, 0.4) is 0 Å². The number of aryl methyl sites for hydroxylation is 1. The summed E-state index contributed by atoms with van der Waals surface area (Å²) in [5.41, 5.74) is 1.38. The highest BCUT2D eigenvalue weighted by molar-refractivity contribution is 6.30. The lowest BCUT2D eigenvalue weighted by atomic mass is 10.1. The normalized spacial score (nSPS) is 13.8. The third kappa shape index (κ3) is 4.16. The molecule has 100 valence electrons. The maximum absolute atomic E-state index is 11.7. The Kier molecular flexibility index (Phi) is 5.37. The van der Waals surface area contributed by atoms with Gasteiger partial charge in [0.1, 0.15) is 5.15 Å². The van der Waals surface area contributed by atoms with E-state index in [9.17, 15) is 4.79 Å². The SMILES string of the molecule is Cc1cc(NC(=O)NC(C)C(C)CO)cnc1Cl. The van der Waals surface area contributed by atoms with Gasteiger partial charge in [0.2, 0.25) is 0 Å². The fraction of sp³-hybridized carbons (Fsp3) is 0.500. The van der Waals surface area contributed by atoms with E-state index < -0.39 is 0 Å². The van der Waals surface area contributed by atoms with Crippen LogP contribution in [-0.2, 0) is 0 Å². The van der Waals surface area contributed by atoms with Gasteiger partial charge in [-0.2, -0.15) is 0 Å². The van der Waals surface area contributed by atoms with Crippen molar-refractivity contribution in [1.29, 1.82) is 0 Å². The van der Waals surface area contributed by atoms with Crippen molar-refractivity contribution >= 4 is 23.3 Å². The molecule has 2 atom stereocenters. The van der Waals surface area contributed by atoms with Crippen molar-refractivity contribution in [3.63, 3.8) is 0 Å². The van der Waals surface area contributed by atoms with E-state index in [0.29, 0.717) is 10.8 Å². The molecule has 0 aliphatic carbocycles. The van der Waals surface area contributed by atoms with Crippen molar-refractivity contribution in [3.05, 3.63) is 23.0 Å². The Labute approximate surface area is 112 Å². The Hall–Kier alpha value is -1.33. The van der Waals surface area contributed by atoms with Gasteiger partial charge < -0.3 is 15.7 Å². The molecule has 0 fully saturated rings. The number of pyridine rings is 1. The molecule has 18 heavy (non-hydrogen) atoms. The lowest BCUT2D eigenvalue weighted by molar-refractivity contribution is 0.204. The Morgan fingerprint density at radius 1 is 1.56 bits per heavy atom. The number of amides is 2. The number of hydrogen-bond acceptors (Lipinski definition) is 3. The van der Waals surface area contributed by atoms with Crippen LogP contribution in [0.25, 0.3) is 0 Å². The van der Waals surface area contributed by atoms with E-state index in [1.807, 2.05) is 20.8 Å². The van der Waals surface area contributed by atoms with Crippen LogP contribution in [0, 0.1) is 12.8 Å². The van der Waals surface area contributed by atoms with Gasteiger partial charge in [-0.3, -0.25) is 0 Å². The molecule has 5 nitrogen and oxygen atoms in total. The number of halogens is 1. The minimum Gasteiger partial charge on any atom is -0.396 e. The topological polar surface area (TPSA) is 74.2 Å². The third-order valence-electron chi connectivity index (χ3n) is 2.77. The summed E-state index contributed by atoms with van der Waals surface area (Å²) in [6.07, 6.45) is 1.50. The van der Waals surface area contributed by atoms with Gasteiger partial charge in [0.25, 0.3) is 0 Å². The minimum atomic E-state index is -0.327. The summed E-state index contributed by atoms with van der Waals surface area (Å²) in [5, 5.41) is 14.8. The second-order valence-electron chi connectivity index (χ2n) is 4.38. The second-order valence-corrected chi connectivity index (χ2v) is 4.74. The van der Waals surface area contributed by atoms with Gasteiger partial charge >= 0.3 is 6.03 Å². The van der Waals surface area contributed by atoms with Crippen LogP contribution in [0.1, 0.15) is 19.4 Å². The van der Waals surface area contributed by atoms with Crippen LogP contribution >= 0.6 is 11.6 Å². The van der Waals surface area contributed by atoms with Crippen molar-refractivity contribution in [2.45, 2.75) is 26.8 Å². The lowest BCUT2D eigenvalue weighted by Crippen LogP contribution is -2.40. The predicted molar refractivity (Wildman–Crippen MR) is 71.9 cm³/mol. The summed E-state index contributed by atoms with van der Waals surface area (Å²) in [5.74, 6) is 0.000768. The lowest BCUT2D eigenvalue weighted by Gasteiger charge is -2.19. The van der Waals surface area contributed by atoms with Crippen LogP contribution in [0.4, 0.5) is 10.5 Å². The standard InChI is InChI=1S/C12H18ClN3O2/c1-7-4-10(5-14-11(7)13)16-12(18)15-9(3)8(2)6-17/h4-5,8-9,17H,6H2,1-3H3,(H2,15,16,18). The van der Waals surface area contributed by atoms with E-state index in [-0.39, 0.29) is 24.6 Å². The van der Waals surface area contributed by atoms with E-state index in [1.165, 1.54) is 6.20 Å². The van der Waals surface area contributed by atoms with E-state index in [4.69, 9.17) is 16.7 Å². The van der Waals surface area contributed by atoms with E-state index in [1.54, 1.807) is 6.07 Å². The summed E-state index contributed by atoms with van der Waals surface area (Å²) in [7, 11) is 0. The van der Waals surface area contributed by atoms with Gasteiger partial charge in [0, 0.05) is 12.6 Å².